The molecule has 0 atom stereocenters. The molecule has 11 nitrogen and oxygen atoms in total. The van der Waals surface area contributed by atoms with Gasteiger partial charge in [-0.2, -0.15) is 0 Å². The Balaban J connectivity index is 1.21. The number of nitrogens with one attached hydrogen (secondary N) is 2. The molecule has 4 heterocycles. The van der Waals surface area contributed by atoms with Crippen molar-refractivity contribution >= 4 is 72.5 Å². The zero-order valence-corrected chi connectivity index (χ0v) is 27.9. The van der Waals surface area contributed by atoms with E-state index >= 15 is 8.78 Å². The Morgan fingerprint density at radius 2 is 1.73 bits per heavy atom. The van der Waals surface area contributed by atoms with Crippen LogP contribution in [0, 0.1) is 11.6 Å². The highest BCUT2D eigenvalue weighted by Gasteiger charge is 2.25. The van der Waals surface area contributed by atoms with E-state index in [4.69, 9.17) is 33.2 Å². The van der Waals surface area contributed by atoms with E-state index in [1.807, 2.05) is 16.7 Å². The maximum Gasteiger partial charge on any atom is 0.263 e. The number of hydrogen-bond acceptors (Lipinski definition) is 9. The van der Waals surface area contributed by atoms with Gasteiger partial charge in [0, 0.05) is 6.54 Å². The number of likely N-dealkylation sites (tertiary alicyclic amines) is 1. The molecule has 1 aliphatic heterocycles. The highest BCUT2D eigenvalue weighted by atomic mass is 35.5. The molecule has 6 aromatic rings. The van der Waals surface area contributed by atoms with E-state index in [1.54, 1.807) is 18.5 Å². The van der Waals surface area contributed by atoms with Crippen molar-refractivity contribution in [3.63, 3.8) is 0 Å². The molecule has 1 fully saturated rings. The normalized spacial score (nSPS) is 14.5. The highest BCUT2D eigenvalue weighted by molar-refractivity contribution is 7.92. The summed E-state index contributed by atoms with van der Waals surface area (Å²) in [6, 6.07) is 15.4. The minimum atomic E-state index is -4.40. The Morgan fingerprint density at radius 1 is 0.939 bits per heavy atom. The number of halogens is 4. The highest BCUT2D eigenvalue weighted by Crippen LogP contribution is 2.36. The Hall–Kier alpha value is -4.47. The molecule has 0 bridgehead atoms. The van der Waals surface area contributed by atoms with Crippen LogP contribution in [0.4, 0.5) is 26.0 Å². The maximum atomic E-state index is 15.8. The lowest BCUT2D eigenvalue weighted by molar-refractivity contribution is 0.164. The van der Waals surface area contributed by atoms with Crippen LogP contribution in [0.25, 0.3) is 27.9 Å². The molecule has 0 unspecified atom stereocenters. The summed E-state index contributed by atoms with van der Waals surface area (Å²) >= 11 is 12.1. The lowest BCUT2D eigenvalue weighted by atomic mass is 9.88. The third-order valence-electron chi connectivity index (χ3n) is 8.55. The van der Waals surface area contributed by atoms with Gasteiger partial charge in [0.2, 0.25) is 0 Å². The molecule has 3 aromatic carbocycles. The molecule has 0 radical (unpaired) electrons. The minimum absolute atomic E-state index is 0.00583. The number of β-amino-alcohol motifs (C(OH)–C–C–N with tert-alkyl or cyclic N) is 1. The maximum absolute atomic E-state index is 15.8. The third kappa shape index (κ3) is 6.37. The molecule has 1 aliphatic rings. The fraction of sp³-hybridized carbons (Fsp3) is 0.212. The van der Waals surface area contributed by atoms with Crippen LogP contribution < -0.4 is 10.0 Å². The number of hydrogen-bond donors (Lipinski definition) is 3. The number of fused-ring (bicyclic) bond motifs is 2. The molecule has 0 amide bonds. The number of piperidine rings is 1. The summed E-state index contributed by atoms with van der Waals surface area (Å²) in [6.07, 6.45) is 4.81. The first-order valence-corrected chi connectivity index (χ1v) is 17.5. The van der Waals surface area contributed by atoms with Gasteiger partial charge in [-0.1, -0.05) is 41.4 Å². The van der Waals surface area contributed by atoms with Crippen molar-refractivity contribution in [3.05, 3.63) is 101 Å². The summed E-state index contributed by atoms with van der Waals surface area (Å²) in [5.41, 5.74) is 2.25. The van der Waals surface area contributed by atoms with E-state index in [2.05, 4.69) is 31.0 Å². The lowest BCUT2D eigenvalue weighted by Gasteiger charge is -2.31. The molecule has 0 saturated carbocycles. The van der Waals surface area contributed by atoms with Crippen LogP contribution in [-0.2, 0) is 10.0 Å². The Labute approximate surface area is 289 Å². The number of aliphatic hydroxyl groups is 1. The Bertz CT molecular complexity index is 2320. The van der Waals surface area contributed by atoms with Crippen LogP contribution in [0.1, 0.15) is 24.3 Å². The quantitative estimate of drug-likeness (QED) is 0.149. The number of nitrogens with zero attached hydrogens (tertiary/aromatic N) is 6. The smallest absolute Gasteiger partial charge is 0.263 e. The summed E-state index contributed by atoms with van der Waals surface area (Å²) < 4.78 is 61.0. The topological polar surface area (TPSA) is 138 Å². The van der Waals surface area contributed by atoms with Gasteiger partial charge in [0.15, 0.2) is 11.6 Å². The number of aliphatic hydroxyl groups excluding tert-OH is 1. The van der Waals surface area contributed by atoms with E-state index in [9.17, 15) is 13.5 Å². The van der Waals surface area contributed by atoms with Crippen molar-refractivity contribution in [2.24, 2.45) is 0 Å². The Morgan fingerprint density at radius 3 is 2.53 bits per heavy atom. The largest absolute Gasteiger partial charge is 0.395 e. The average Bonchev–Trinajstić information content (AvgIpc) is 3.54. The van der Waals surface area contributed by atoms with Crippen molar-refractivity contribution in [1.29, 1.82) is 0 Å². The molecule has 1 saturated heterocycles. The number of imidazole rings is 1. The number of anilines is 3. The van der Waals surface area contributed by atoms with Gasteiger partial charge in [0.1, 0.15) is 40.4 Å². The van der Waals surface area contributed by atoms with Crippen molar-refractivity contribution in [3.8, 4) is 5.82 Å². The van der Waals surface area contributed by atoms with Gasteiger partial charge in [-0.25, -0.2) is 37.1 Å². The SMILES string of the molecule is O=S(=O)(Nc1ccc(F)c(Nc2ncnc3ccc(-n4cnc5c(C6CCN(CCO)CC6)cccc54)nc23)c1F)c1cccc(Cl)c1Cl. The first-order chi connectivity index (χ1) is 23.6. The third-order valence-corrected chi connectivity index (χ3v) is 10.9. The van der Waals surface area contributed by atoms with Crippen LogP contribution in [0.3, 0.4) is 0 Å². The molecule has 7 rings (SSSR count). The second-order valence-corrected chi connectivity index (χ2v) is 13.9. The first-order valence-electron chi connectivity index (χ1n) is 15.3. The van der Waals surface area contributed by atoms with Crippen molar-refractivity contribution in [2.45, 2.75) is 23.7 Å². The van der Waals surface area contributed by atoms with Gasteiger partial charge in [-0.3, -0.25) is 9.29 Å². The molecule has 0 aliphatic carbocycles. The van der Waals surface area contributed by atoms with Gasteiger partial charge < -0.3 is 15.3 Å². The first kappa shape index (κ1) is 33.0. The van der Waals surface area contributed by atoms with E-state index in [1.165, 1.54) is 24.5 Å². The molecular weight excluding hydrogens is 697 g/mol. The van der Waals surface area contributed by atoms with Gasteiger partial charge in [0.25, 0.3) is 10.0 Å². The summed E-state index contributed by atoms with van der Waals surface area (Å²) in [7, 11) is -4.40. The van der Waals surface area contributed by atoms with Crippen molar-refractivity contribution in [2.75, 3.05) is 36.3 Å². The van der Waals surface area contributed by atoms with Crippen LogP contribution in [0.15, 0.2) is 78.2 Å². The standard InChI is InChI=1S/C33H28Cl2F2N8O3S/c34-21-4-2-6-26(28(21)35)49(47,48)43-23-8-7-22(36)31(29(23)37)42-33-32-24(38-17-39-33)9-10-27(41-32)45-18-40-30-20(3-1-5-25(30)45)19-11-13-44(14-12-19)15-16-46/h1-10,17-19,43,46H,11-16H2,(H,38,39,42). The molecule has 3 aromatic heterocycles. The fourth-order valence-electron chi connectivity index (χ4n) is 6.09. The minimum Gasteiger partial charge on any atom is -0.395 e. The summed E-state index contributed by atoms with van der Waals surface area (Å²) in [5.74, 6) is -1.44. The van der Waals surface area contributed by atoms with Crippen LogP contribution in [0.2, 0.25) is 10.0 Å². The second kappa shape index (κ2) is 13.4. The predicted octanol–water partition coefficient (Wildman–Crippen LogP) is 6.66. The molecule has 3 N–H and O–H groups in total. The lowest BCUT2D eigenvalue weighted by Crippen LogP contribution is -2.34. The number of aromatic nitrogens is 5. The van der Waals surface area contributed by atoms with Gasteiger partial charge in [-0.05, 0) is 79.9 Å². The zero-order chi connectivity index (χ0) is 34.3. The monoisotopic (exact) mass is 724 g/mol. The van der Waals surface area contributed by atoms with E-state index in [-0.39, 0.29) is 32.9 Å². The van der Waals surface area contributed by atoms with Crippen LogP contribution in [0.5, 0.6) is 0 Å². The number of para-hydroxylation sites is 1. The molecular formula is C33H28Cl2F2N8O3S. The van der Waals surface area contributed by atoms with Gasteiger partial charge >= 0.3 is 0 Å². The number of sulfonamides is 1. The Kier molecular flexibility index (Phi) is 9.07. The second-order valence-electron chi connectivity index (χ2n) is 11.5. The molecule has 49 heavy (non-hydrogen) atoms. The van der Waals surface area contributed by atoms with Gasteiger partial charge in [-0.15, -0.1) is 0 Å². The van der Waals surface area contributed by atoms with Crippen LogP contribution >= 0.6 is 23.2 Å². The summed E-state index contributed by atoms with van der Waals surface area (Å²) in [5, 5.41) is 11.7. The van der Waals surface area contributed by atoms with E-state index < -0.39 is 33.0 Å². The van der Waals surface area contributed by atoms with Crippen molar-refractivity contribution in [1.82, 2.24) is 29.4 Å². The average molecular weight is 726 g/mol. The number of benzene rings is 3. The summed E-state index contributed by atoms with van der Waals surface area (Å²) in [6.45, 7) is 2.61. The predicted molar refractivity (Wildman–Crippen MR) is 184 cm³/mol. The van der Waals surface area contributed by atoms with Gasteiger partial charge in [0.05, 0.1) is 38.9 Å². The molecule has 252 valence electrons. The fourth-order valence-corrected chi connectivity index (χ4v) is 7.92. The summed E-state index contributed by atoms with van der Waals surface area (Å²) in [4.78, 5) is 19.8. The van der Waals surface area contributed by atoms with E-state index in [0.717, 1.165) is 54.7 Å². The van der Waals surface area contributed by atoms with Crippen molar-refractivity contribution < 1.29 is 22.3 Å². The number of pyridine rings is 1. The molecule has 16 heteroatoms. The number of rotatable bonds is 9. The molecule has 0 spiro atoms. The van der Waals surface area contributed by atoms with E-state index in [0.29, 0.717) is 23.8 Å². The zero-order valence-electron chi connectivity index (χ0n) is 25.6. The van der Waals surface area contributed by atoms with Crippen LogP contribution in [-0.4, -0.2) is 69.2 Å².